The highest BCUT2D eigenvalue weighted by molar-refractivity contribution is 7.89. The van der Waals surface area contributed by atoms with E-state index >= 15 is 0 Å². The number of sulfonamides is 1. The maximum Gasteiger partial charge on any atom is 0.213 e. The van der Waals surface area contributed by atoms with Crippen LogP contribution in [-0.4, -0.2) is 48.7 Å². The molecule has 1 fully saturated rings. The number of halogens is 1. The molecule has 0 radical (unpaired) electrons. The lowest BCUT2D eigenvalue weighted by Gasteiger charge is -2.28. The van der Waals surface area contributed by atoms with Gasteiger partial charge in [-0.2, -0.15) is 0 Å². The summed E-state index contributed by atoms with van der Waals surface area (Å²) in [7, 11) is -1.70. The van der Waals surface area contributed by atoms with Crippen LogP contribution in [0.1, 0.15) is 38.5 Å². The second-order valence-electron chi connectivity index (χ2n) is 4.90. The third kappa shape index (κ3) is 4.73. The van der Waals surface area contributed by atoms with E-state index < -0.39 is 15.6 Å². The Morgan fingerprint density at radius 2 is 1.88 bits per heavy atom. The van der Waals surface area contributed by atoms with Crippen molar-refractivity contribution in [2.24, 2.45) is 0 Å². The molecule has 17 heavy (non-hydrogen) atoms. The molecule has 0 spiro atoms. The van der Waals surface area contributed by atoms with Gasteiger partial charge in [-0.25, -0.2) is 12.7 Å². The van der Waals surface area contributed by atoms with Crippen molar-refractivity contribution in [1.82, 2.24) is 4.31 Å². The number of likely N-dealkylation sites (N-methyl/N-ethyl adjacent to an activating group) is 1. The molecule has 0 bridgehead atoms. The van der Waals surface area contributed by atoms with Crippen LogP contribution in [0.3, 0.4) is 0 Å². The van der Waals surface area contributed by atoms with Crippen LogP contribution in [0.2, 0.25) is 0 Å². The number of aliphatic hydroxyl groups is 1. The van der Waals surface area contributed by atoms with E-state index in [1.807, 2.05) is 0 Å². The van der Waals surface area contributed by atoms with Crippen LogP contribution in [0, 0.1) is 0 Å². The van der Waals surface area contributed by atoms with Crippen molar-refractivity contribution in [3.8, 4) is 0 Å². The summed E-state index contributed by atoms with van der Waals surface area (Å²) in [6.07, 6.45) is 4.66. The molecule has 0 unspecified atom stereocenters. The lowest BCUT2D eigenvalue weighted by molar-refractivity contribution is 0.0333. The van der Waals surface area contributed by atoms with Crippen molar-refractivity contribution in [3.05, 3.63) is 0 Å². The van der Waals surface area contributed by atoms with Crippen LogP contribution in [0.4, 0.5) is 0 Å². The van der Waals surface area contributed by atoms with Crippen LogP contribution >= 0.6 is 11.6 Å². The van der Waals surface area contributed by atoms with Gasteiger partial charge >= 0.3 is 0 Å². The van der Waals surface area contributed by atoms with Crippen molar-refractivity contribution in [2.45, 2.75) is 44.1 Å². The number of nitrogens with zero attached hydrogens (tertiary/aromatic N) is 1. The fourth-order valence-electron chi connectivity index (χ4n) is 2.24. The molecule has 0 aromatic heterocycles. The molecule has 1 aliphatic carbocycles. The summed E-state index contributed by atoms with van der Waals surface area (Å²) in [6.45, 7) is 0.218. The van der Waals surface area contributed by atoms with E-state index in [9.17, 15) is 13.5 Å². The van der Waals surface area contributed by atoms with Gasteiger partial charge in [0.1, 0.15) is 0 Å². The van der Waals surface area contributed by atoms with E-state index in [-0.39, 0.29) is 12.3 Å². The van der Waals surface area contributed by atoms with Crippen molar-refractivity contribution < 1.29 is 13.5 Å². The molecule has 0 aliphatic heterocycles. The highest BCUT2D eigenvalue weighted by Gasteiger charge is 2.34. The Kier molecular flexibility index (Phi) is 5.70. The van der Waals surface area contributed by atoms with Crippen LogP contribution in [0.15, 0.2) is 0 Å². The summed E-state index contributed by atoms with van der Waals surface area (Å²) in [5.41, 5.74) is -0.811. The van der Waals surface area contributed by atoms with Gasteiger partial charge in [-0.1, -0.05) is 12.8 Å². The minimum Gasteiger partial charge on any atom is -0.389 e. The lowest BCUT2D eigenvalue weighted by atomic mass is 10.0. The highest BCUT2D eigenvalue weighted by Crippen LogP contribution is 2.30. The first kappa shape index (κ1) is 15.2. The van der Waals surface area contributed by atoms with Gasteiger partial charge in [-0.15, -0.1) is 11.6 Å². The number of rotatable bonds is 7. The smallest absolute Gasteiger partial charge is 0.213 e. The second-order valence-corrected chi connectivity index (χ2v) is 7.47. The van der Waals surface area contributed by atoms with Gasteiger partial charge < -0.3 is 5.11 Å². The average molecular weight is 284 g/mol. The molecule has 6 heteroatoms. The average Bonchev–Trinajstić information content (AvgIpc) is 2.65. The largest absolute Gasteiger partial charge is 0.389 e. The monoisotopic (exact) mass is 283 g/mol. The number of alkyl halides is 1. The Hall–Kier alpha value is 0.160. The fourth-order valence-corrected chi connectivity index (χ4v) is 3.75. The minimum atomic E-state index is -3.24. The Morgan fingerprint density at radius 1 is 1.29 bits per heavy atom. The van der Waals surface area contributed by atoms with Gasteiger partial charge in [0.05, 0.1) is 11.4 Å². The van der Waals surface area contributed by atoms with Crippen molar-refractivity contribution in [2.75, 3.05) is 25.2 Å². The number of hydrogen-bond acceptors (Lipinski definition) is 3. The van der Waals surface area contributed by atoms with Gasteiger partial charge in [0.25, 0.3) is 0 Å². The first-order valence-electron chi connectivity index (χ1n) is 6.12. The molecule has 0 heterocycles. The highest BCUT2D eigenvalue weighted by atomic mass is 35.5. The minimum absolute atomic E-state index is 0.117. The zero-order chi connectivity index (χ0) is 12.9. The predicted octanol–water partition coefficient (Wildman–Crippen LogP) is 1.57. The molecule has 0 aromatic carbocycles. The first-order chi connectivity index (χ1) is 7.90. The molecule has 0 aromatic rings. The summed E-state index contributed by atoms with van der Waals surface area (Å²) in [6, 6.07) is 0. The number of unbranched alkanes of at least 4 members (excludes halogenated alkanes) is 1. The van der Waals surface area contributed by atoms with Crippen LogP contribution in [0.5, 0.6) is 0 Å². The van der Waals surface area contributed by atoms with Crippen molar-refractivity contribution >= 4 is 21.6 Å². The Labute approximate surface area is 109 Å². The zero-order valence-electron chi connectivity index (χ0n) is 10.4. The molecule has 1 rings (SSSR count). The van der Waals surface area contributed by atoms with E-state index in [1.165, 1.54) is 4.31 Å². The summed E-state index contributed by atoms with van der Waals surface area (Å²) in [5, 5.41) is 10.2. The van der Waals surface area contributed by atoms with Gasteiger partial charge in [-0.05, 0) is 25.7 Å². The lowest BCUT2D eigenvalue weighted by Crippen LogP contribution is -2.42. The van der Waals surface area contributed by atoms with E-state index in [0.717, 1.165) is 12.8 Å². The summed E-state index contributed by atoms with van der Waals surface area (Å²) in [4.78, 5) is 0. The van der Waals surface area contributed by atoms with Crippen LogP contribution < -0.4 is 0 Å². The molecule has 0 saturated heterocycles. The molecule has 0 amide bonds. The van der Waals surface area contributed by atoms with Gasteiger partial charge in [0.2, 0.25) is 10.0 Å². The van der Waals surface area contributed by atoms with Crippen LogP contribution in [0.25, 0.3) is 0 Å². The maximum absolute atomic E-state index is 11.9. The quantitative estimate of drug-likeness (QED) is 0.570. The molecular weight excluding hydrogens is 262 g/mol. The Balaban J connectivity index is 2.47. The fraction of sp³-hybridized carbons (Fsp3) is 1.00. The van der Waals surface area contributed by atoms with Gasteiger partial charge in [-0.3, -0.25) is 0 Å². The third-order valence-electron chi connectivity index (χ3n) is 3.31. The Bertz CT molecular complexity index is 326. The molecule has 1 N–H and O–H groups in total. The third-order valence-corrected chi connectivity index (χ3v) is 5.46. The molecule has 4 nitrogen and oxygen atoms in total. The summed E-state index contributed by atoms with van der Waals surface area (Å²) in [5.74, 6) is 0.607. The SMILES string of the molecule is CN(CC1(O)CCCC1)S(=O)(=O)CCCCCl. The second kappa shape index (κ2) is 6.36. The number of hydrogen-bond donors (Lipinski definition) is 1. The van der Waals surface area contributed by atoms with Crippen molar-refractivity contribution in [1.29, 1.82) is 0 Å². The standard InChI is InChI=1S/C11H22ClNO3S/c1-13(10-11(14)6-2-3-7-11)17(15,16)9-5-4-8-12/h14H,2-10H2,1H3. The van der Waals surface area contributed by atoms with Crippen molar-refractivity contribution in [3.63, 3.8) is 0 Å². The van der Waals surface area contributed by atoms with E-state index in [2.05, 4.69) is 0 Å². The van der Waals surface area contributed by atoms with Gasteiger partial charge in [0, 0.05) is 19.5 Å². The van der Waals surface area contributed by atoms with E-state index in [1.54, 1.807) is 7.05 Å². The topological polar surface area (TPSA) is 57.6 Å². The normalized spacial score (nSPS) is 20.0. The Morgan fingerprint density at radius 3 is 2.41 bits per heavy atom. The molecular formula is C11H22ClNO3S. The maximum atomic E-state index is 11.9. The molecule has 1 aliphatic rings. The molecule has 0 atom stereocenters. The summed E-state index contributed by atoms with van der Waals surface area (Å²) >= 11 is 5.52. The first-order valence-corrected chi connectivity index (χ1v) is 8.26. The summed E-state index contributed by atoms with van der Waals surface area (Å²) < 4.78 is 25.1. The molecule has 102 valence electrons. The van der Waals surface area contributed by atoms with Gasteiger partial charge in [0.15, 0.2) is 0 Å². The van der Waals surface area contributed by atoms with E-state index in [0.29, 0.717) is 31.6 Å². The van der Waals surface area contributed by atoms with Crippen LogP contribution in [-0.2, 0) is 10.0 Å². The zero-order valence-corrected chi connectivity index (χ0v) is 11.9. The van der Waals surface area contributed by atoms with E-state index in [4.69, 9.17) is 11.6 Å². The predicted molar refractivity (Wildman–Crippen MR) is 69.8 cm³/mol. The molecule has 1 saturated carbocycles.